The van der Waals surface area contributed by atoms with Gasteiger partial charge in [-0.25, -0.2) is 4.98 Å². The van der Waals surface area contributed by atoms with Crippen LogP contribution in [0.25, 0.3) is 10.2 Å². The highest BCUT2D eigenvalue weighted by atomic mass is 32.1. The first-order chi connectivity index (χ1) is 10.2. The average Bonchev–Trinajstić information content (AvgIpc) is 2.97. The van der Waals surface area contributed by atoms with Gasteiger partial charge in [0, 0.05) is 26.1 Å². The third-order valence-corrected chi connectivity index (χ3v) is 5.37. The quantitative estimate of drug-likeness (QED) is 0.875. The highest BCUT2D eigenvalue weighted by molar-refractivity contribution is 7.18. The van der Waals surface area contributed by atoms with Crippen LogP contribution >= 0.6 is 11.3 Å². The predicted octanol–water partition coefficient (Wildman–Crippen LogP) is 3.04. The molecular weight excluding hydrogens is 284 g/mol. The van der Waals surface area contributed by atoms with E-state index in [2.05, 4.69) is 18.2 Å². The van der Waals surface area contributed by atoms with Gasteiger partial charge in [0.15, 0.2) is 0 Å². The SMILES string of the molecule is CO[C@@H](C)C(=O)N1CCC(c2nc3ccccc3s2)CC1. The molecule has 2 aromatic rings. The Bertz CT molecular complexity index is 599. The zero-order valence-electron chi connectivity index (χ0n) is 12.4. The van der Waals surface area contributed by atoms with Crippen molar-refractivity contribution in [1.82, 2.24) is 9.88 Å². The van der Waals surface area contributed by atoms with Crippen molar-refractivity contribution in [2.24, 2.45) is 0 Å². The number of thiazole rings is 1. The first kappa shape index (κ1) is 14.5. The lowest BCUT2D eigenvalue weighted by Crippen LogP contribution is -2.43. The van der Waals surface area contributed by atoms with Crippen LogP contribution in [-0.2, 0) is 9.53 Å². The number of fused-ring (bicyclic) bond motifs is 1. The fourth-order valence-electron chi connectivity index (χ4n) is 2.77. The standard InChI is InChI=1S/C16H20N2O2S/c1-11(20-2)16(19)18-9-7-12(8-10-18)15-17-13-5-3-4-6-14(13)21-15/h3-6,11-12H,7-10H2,1-2H3/t11-/m0/s1. The number of aromatic nitrogens is 1. The number of hydrogen-bond acceptors (Lipinski definition) is 4. The Morgan fingerprint density at radius 1 is 1.38 bits per heavy atom. The van der Waals surface area contributed by atoms with Crippen LogP contribution in [0.4, 0.5) is 0 Å². The van der Waals surface area contributed by atoms with Gasteiger partial charge in [0.05, 0.1) is 15.2 Å². The number of methoxy groups -OCH3 is 1. The van der Waals surface area contributed by atoms with Gasteiger partial charge in [0.2, 0.25) is 0 Å². The molecule has 1 aromatic heterocycles. The summed E-state index contributed by atoms with van der Waals surface area (Å²) in [6, 6.07) is 8.26. The molecule has 21 heavy (non-hydrogen) atoms. The maximum absolute atomic E-state index is 12.1. The molecule has 1 fully saturated rings. The summed E-state index contributed by atoms with van der Waals surface area (Å²) in [5.74, 6) is 0.574. The van der Waals surface area contributed by atoms with Crippen LogP contribution < -0.4 is 0 Å². The summed E-state index contributed by atoms with van der Waals surface area (Å²) in [5, 5.41) is 1.21. The summed E-state index contributed by atoms with van der Waals surface area (Å²) in [4.78, 5) is 18.8. The number of likely N-dealkylation sites (tertiary alicyclic amines) is 1. The van der Waals surface area contributed by atoms with Gasteiger partial charge in [-0.2, -0.15) is 0 Å². The summed E-state index contributed by atoms with van der Waals surface area (Å²) < 4.78 is 6.36. The second-order valence-corrected chi connectivity index (χ2v) is 6.56. The molecule has 4 nitrogen and oxygen atoms in total. The minimum Gasteiger partial charge on any atom is -0.372 e. The molecule has 1 aromatic carbocycles. The summed E-state index contributed by atoms with van der Waals surface area (Å²) >= 11 is 1.78. The van der Waals surface area contributed by atoms with Crippen LogP contribution in [0.15, 0.2) is 24.3 Å². The van der Waals surface area contributed by atoms with Gasteiger partial charge in [-0.3, -0.25) is 4.79 Å². The highest BCUT2D eigenvalue weighted by Crippen LogP contribution is 2.33. The Morgan fingerprint density at radius 3 is 2.76 bits per heavy atom. The molecule has 1 amide bonds. The molecule has 1 aliphatic rings. The van der Waals surface area contributed by atoms with Gasteiger partial charge in [-0.15, -0.1) is 11.3 Å². The van der Waals surface area contributed by atoms with E-state index in [1.807, 2.05) is 17.9 Å². The number of nitrogens with zero attached hydrogens (tertiary/aromatic N) is 2. The topological polar surface area (TPSA) is 42.4 Å². The van der Waals surface area contributed by atoms with Crippen molar-refractivity contribution < 1.29 is 9.53 Å². The molecule has 5 heteroatoms. The van der Waals surface area contributed by atoms with E-state index in [1.54, 1.807) is 18.4 Å². The number of rotatable bonds is 3. The minimum atomic E-state index is -0.344. The monoisotopic (exact) mass is 304 g/mol. The Labute approximate surface area is 128 Å². The van der Waals surface area contributed by atoms with Crippen molar-refractivity contribution in [3.8, 4) is 0 Å². The van der Waals surface area contributed by atoms with Crippen molar-refractivity contribution in [3.05, 3.63) is 29.3 Å². The van der Waals surface area contributed by atoms with Crippen LogP contribution in [0.5, 0.6) is 0 Å². The molecule has 1 aliphatic heterocycles. The Hall–Kier alpha value is -1.46. The van der Waals surface area contributed by atoms with E-state index in [1.165, 1.54) is 9.71 Å². The molecule has 3 rings (SSSR count). The van der Waals surface area contributed by atoms with E-state index >= 15 is 0 Å². The molecule has 0 unspecified atom stereocenters. The number of carbonyl (C=O) groups excluding carboxylic acids is 1. The number of carbonyl (C=O) groups is 1. The normalized spacial score (nSPS) is 18.1. The van der Waals surface area contributed by atoms with Gasteiger partial charge in [0.1, 0.15) is 6.10 Å². The molecule has 0 radical (unpaired) electrons. The third kappa shape index (κ3) is 2.94. The lowest BCUT2D eigenvalue weighted by molar-refractivity contribution is -0.142. The summed E-state index contributed by atoms with van der Waals surface area (Å²) in [7, 11) is 1.58. The van der Waals surface area contributed by atoms with Crippen LogP contribution in [0.3, 0.4) is 0 Å². The number of hydrogen-bond donors (Lipinski definition) is 0. The van der Waals surface area contributed by atoms with Crippen LogP contribution in [0.1, 0.15) is 30.7 Å². The van der Waals surface area contributed by atoms with Crippen molar-refractivity contribution in [2.45, 2.75) is 31.8 Å². The molecule has 112 valence electrons. The Balaban J connectivity index is 1.67. The van der Waals surface area contributed by atoms with Gasteiger partial charge >= 0.3 is 0 Å². The lowest BCUT2D eigenvalue weighted by atomic mass is 9.97. The van der Waals surface area contributed by atoms with Crippen molar-refractivity contribution in [1.29, 1.82) is 0 Å². The van der Waals surface area contributed by atoms with Crippen LogP contribution in [-0.4, -0.2) is 42.1 Å². The van der Waals surface area contributed by atoms with E-state index in [-0.39, 0.29) is 12.0 Å². The summed E-state index contributed by atoms with van der Waals surface area (Å²) in [6.07, 6.45) is 1.63. The number of ether oxygens (including phenoxy) is 1. The fourth-order valence-corrected chi connectivity index (χ4v) is 3.91. The van der Waals surface area contributed by atoms with Gasteiger partial charge in [-0.1, -0.05) is 12.1 Å². The molecule has 1 atom stereocenters. The predicted molar refractivity (Wildman–Crippen MR) is 84.6 cm³/mol. The lowest BCUT2D eigenvalue weighted by Gasteiger charge is -2.32. The number of amides is 1. The van der Waals surface area contributed by atoms with Gasteiger partial charge in [0.25, 0.3) is 5.91 Å². The molecule has 1 saturated heterocycles. The number of para-hydroxylation sites is 1. The molecular formula is C16H20N2O2S. The number of benzene rings is 1. The smallest absolute Gasteiger partial charge is 0.251 e. The fraction of sp³-hybridized carbons (Fsp3) is 0.500. The zero-order chi connectivity index (χ0) is 14.8. The van der Waals surface area contributed by atoms with E-state index in [4.69, 9.17) is 9.72 Å². The molecule has 0 saturated carbocycles. The van der Waals surface area contributed by atoms with Crippen molar-refractivity contribution in [2.75, 3.05) is 20.2 Å². The van der Waals surface area contributed by atoms with Gasteiger partial charge in [-0.05, 0) is 31.9 Å². The first-order valence-electron chi connectivity index (χ1n) is 7.36. The second-order valence-electron chi connectivity index (χ2n) is 5.50. The maximum Gasteiger partial charge on any atom is 0.251 e. The third-order valence-electron chi connectivity index (χ3n) is 4.17. The Kier molecular flexibility index (Phi) is 4.22. The average molecular weight is 304 g/mol. The zero-order valence-corrected chi connectivity index (χ0v) is 13.2. The molecule has 0 bridgehead atoms. The van der Waals surface area contributed by atoms with E-state index in [0.717, 1.165) is 31.4 Å². The summed E-state index contributed by atoms with van der Waals surface area (Å²) in [5.41, 5.74) is 1.09. The molecule has 2 heterocycles. The highest BCUT2D eigenvalue weighted by Gasteiger charge is 2.28. The second kappa shape index (κ2) is 6.12. The first-order valence-corrected chi connectivity index (χ1v) is 8.17. The molecule has 0 aliphatic carbocycles. The number of piperidine rings is 1. The Morgan fingerprint density at radius 2 is 2.10 bits per heavy atom. The molecule has 0 N–H and O–H groups in total. The largest absolute Gasteiger partial charge is 0.372 e. The van der Waals surface area contributed by atoms with Crippen LogP contribution in [0, 0.1) is 0 Å². The summed E-state index contributed by atoms with van der Waals surface area (Å²) in [6.45, 7) is 3.40. The minimum absolute atomic E-state index is 0.0975. The maximum atomic E-state index is 12.1. The van der Waals surface area contributed by atoms with Crippen molar-refractivity contribution in [3.63, 3.8) is 0 Å². The van der Waals surface area contributed by atoms with Gasteiger partial charge < -0.3 is 9.64 Å². The van der Waals surface area contributed by atoms with Crippen LogP contribution in [0.2, 0.25) is 0 Å². The van der Waals surface area contributed by atoms with Crippen molar-refractivity contribution >= 4 is 27.5 Å². The van der Waals surface area contributed by atoms with E-state index in [9.17, 15) is 4.79 Å². The van der Waals surface area contributed by atoms with E-state index in [0.29, 0.717) is 5.92 Å². The molecule has 0 spiro atoms. The van der Waals surface area contributed by atoms with E-state index < -0.39 is 0 Å².